The molecule has 0 aromatic carbocycles. The Morgan fingerprint density at radius 1 is 0.920 bits per heavy atom. The van der Waals surface area contributed by atoms with E-state index in [-0.39, 0.29) is 12.5 Å². The van der Waals surface area contributed by atoms with E-state index in [1.807, 2.05) is 6.08 Å². The van der Waals surface area contributed by atoms with Crippen LogP contribution < -0.4 is 5.32 Å². The minimum absolute atomic E-state index is 0.156. The zero-order valence-electron chi connectivity index (χ0n) is 16.5. The zero-order chi connectivity index (χ0) is 18.8. The first kappa shape index (κ1) is 24.1. The lowest BCUT2D eigenvalue weighted by atomic mass is 10.0. The average Bonchev–Trinajstić information content (AvgIpc) is 2.63. The highest BCUT2D eigenvalue weighted by Crippen LogP contribution is 2.12. The summed E-state index contributed by atoms with van der Waals surface area (Å²) in [6.07, 6.45) is 18.7. The Hall–Kier alpha value is -0.870. The van der Waals surface area contributed by atoms with Crippen LogP contribution in [0.25, 0.3) is 0 Å². The third-order valence-electron chi connectivity index (χ3n) is 4.58. The fourth-order valence-electron chi connectivity index (χ4n) is 2.84. The number of hydrogen-bond acceptors (Lipinski definition) is 3. The molecular weight excluding hydrogens is 314 g/mol. The molecule has 0 unspecified atom stereocenters. The van der Waals surface area contributed by atoms with Gasteiger partial charge in [-0.2, -0.15) is 0 Å². The molecule has 0 spiro atoms. The molecule has 148 valence electrons. The fraction of sp³-hybridized carbons (Fsp3) is 0.857. The highest BCUT2D eigenvalue weighted by atomic mass is 16.3. The summed E-state index contributed by atoms with van der Waals surface area (Å²) >= 11 is 0. The summed E-state index contributed by atoms with van der Waals surface area (Å²) in [5, 5.41) is 21.8. The van der Waals surface area contributed by atoms with Crippen LogP contribution in [0.1, 0.15) is 97.3 Å². The van der Waals surface area contributed by atoms with E-state index >= 15 is 0 Å². The van der Waals surface area contributed by atoms with Gasteiger partial charge in [-0.1, -0.05) is 90.2 Å². The lowest BCUT2D eigenvalue weighted by Gasteiger charge is -2.19. The number of hydrogen-bond donors (Lipinski definition) is 3. The molecule has 0 saturated carbocycles. The molecule has 2 atom stereocenters. The largest absolute Gasteiger partial charge is 0.394 e. The van der Waals surface area contributed by atoms with E-state index in [1.54, 1.807) is 13.0 Å². The van der Waals surface area contributed by atoms with Gasteiger partial charge in [-0.05, 0) is 12.8 Å². The molecule has 4 nitrogen and oxygen atoms in total. The van der Waals surface area contributed by atoms with Crippen molar-refractivity contribution in [2.45, 2.75) is 109 Å². The van der Waals surface area contributed by atoms with E-state index in [0.717, 1.165) is 12.8 Å². The summed E-state index contributed by atoms with van der Waals surface area (Å²) in [6, 6.07) is -0.610. The number of unbranched alkanes of at least 4 members (excludes halogenated alkanes) is 11. The number of amides is 1. The van der Waals surface area contributed by atoms with E-state index in [0.29, 0.717) is 6.42 Å². The summed E-state index contributed by atoms with van der Waals surface area (Å²) in [5.74, 6) is -0.156. The number of allylic oxidation sites excluding steroid dienone is 1. The van der Waals surface area contributed by atoms with Gasteiger partial charge < -0.3 is 15.5 Å². The van der Waals surface area contributed by atoms with Crippen LogP contribution in [-0.4, -0.2) is 34.9 Å². The van der Waals surface area contributed by atoms with Crippen molar-refractivity contribution in [3.8, 4) is 0 Å². The molecule has 0 rings (SSSR count). The van der Waals surface area contributed by atoms with Crippen molar-refractivity contribution in [2.24, 2.45) is 0 Å². The highest BCUT2D eigenvalue weighted by molar-refractivity contribution is 5.75. The topological polar surface area (TPSA) is 69.6 Å². The Morgan fingerprint density at radius 3 is 1.92 bits per heavy atom. The Balaban J connectivity index is 3.54. The molecule has 0 fully saturated rings. The van der Waals surface area contributed by atoms with Gasteiger partial charge in [0.25, 0.3) is 0 Å². The van der Waals surface area contributed by atoms with Gasteiger partial charge in [-0.25, -0.2) is 0 Å². The van der Waals surface area contributed by atoms with Crippen molar-refractivity contribution in [3.63, 3.8) is 0 Å². The second-order valence-corrected chi connectivity index (χ2v) is 6.95. The smallest absolute Gasteiger partial charge is 0.220 e. The minimum Gasteiger partial charge on any atom is -0.394 e. The van der Waals surface area contributed by atoms with Crippen LogP contribution >= 0.6 is 0 Å². The van der Waals surface area contributed by atoms with Crippen molar-refractivity contribution < 1.29 is 15.0 Å². The molecule has 25 heavy (non-hydrogen) atoms. The van der Waals surface area contributed by atoms with Crippen LogP contribution in [0, 0.1) is 0 Å². The van der Waals surface area contributed by atoms with Crippen molar-refractivity contribution in [2.75, 3.05) is 6.61 Å². The molecule has 0 aliphatic rings. The maximum Gasteiger partial charge on any atom is 0.220 e. The van der Waals surface area contributed by atoms with Crippen LogP contribution in [0.2, 0.25) is 0 Å². The predicted octanol–water partition coefficient (Wildman–Crippen LogP) is 4.49. The van der Waals surface area contributed by atoms with Gasteiger partial charge in [0.05, 0.1) is 18.8 Å². The van der Waals surface area contributed by atoms with E-state index < -0.39 is 12.1 Å². The third kappa shape index (κ3) is 15.1. The Morgan fingerprint density at radius 2 is 1.44 bits per heavy atom. The monoisotopic (exact) mass is 355 g/mol. The van der Waals surface area contributed by atoms with Crippen LogP contribution in [0.3, 0.4) is 0 Å². The Labute approximate surface area is 155 Å². The molecule has 0 heterocycles. The second kappa shape index (κ2) is 17.9. The number of rotatable bonds is 17. The third-order valence-corrected chi connectivity index (χ3v) is 4.58. The van der Waals surface area contributed by atoms with Crippen molar-refractivity contribution >= 4 is 5.91 Å². The molecule has 0 aliphatic carbocycles. The summed E-state index contributed by atoms with van der Waals surface area (Å²) in [5.41, 5.74) is 0. The lowest BCUT2D eigenvalue weighted by molar-refractivity contribution is -0.122. The first-order chi connectivity index (χ1) is 12.2. The number of carbonyl (C=O) groups excluding carboxylic acids is 1. The van der Waals surface area contributed by atoms with Gasteiger partial charge >= 0.3 is 0 Å². The fourth-order valence-corrected chi connectivity index (χ4v) is 2.84. The van der Waals surface area contributed by atoms with Crippen LogP contribution in [-0.2, 0) is 4.79 Å². The maximum atomic E-state index is 11.3. The molecule has 0 radical (unpaired) electrons. The molecule has 1 amide bonds. The zero-order valence-corrected chi connectivity index (χ0v) is 16.5. The molecular formula is C21H41NO3. The number of aliphatic hydroxyl groups excluding tert-OH is 2. The SMILES string of the molecule is CCCCCCCCCCCCCC=C[C@@H](O)[C@H](CO)NC(=O)CC. The molecule has 0 bridgehead atoms. The van der Waals surface area contributed by atoms with E-state index in [4.69, 9.17) is 0 Å². The van der Waals surface area contributed by atoms with Gasteiger partial charge in [0.1, 0.15) is 0 Å². The Bertz CT molecular complexity index is 331. The highest BCUT2D eigenvalue weighted by Gasteiger charge is 2.17. The van der Waals surface area contributed by atoms with Gasteiger partial charge in [0, 0.05) is 6.42 Å². The summed E-state index contributed by atoms with van der Waals surface area (Å²) in [4.78, 5) is 11.3. The van der Waals surface area contributed by atoms with Crippen LogP contribution in [0.4, 0.5) is 0 Å². The van der Waals surface area contributed by atoms with E-state index in [1.165, 1.54) is 64.2 Å². The quantitative estimate of drug-likeness (QED) is 0.266. The normalized spacial score (nSPS) is 13.9. The number of nitrogens with one attached hydrogen (secondary N) is 1. The molecule has 3 N–H and O–H groups in total. The number of carbonyl (C=O) groups is 1. The van der Waals surface area contributed by atoms with E-state index in [9.17, 15) is 15.0 Å². The van der Waals surface area contributed by atoms with Crippen molar-refractivity contribution in [1.29, 1.82) is 0 Å². The van der Waals surface area contributed by atoms with Gasteiger partial charge in [0.15, 0.2) is 0 Å². The molecule has 0 aliphatic heterocycles. The molecule has 0 aromatic rings. The Kier molecular flexibility index (Phi) is 17.3. The predicted molar refractivity (Wildman–Crippen MR) is 106 cm³/mol. The van der Waals surface area contributed by atoms with Gasteiger partial charge in [-0.15, -0.1) is 0 Å². The van der Waals surface area contributed by atoms with Crippen LogP contribution in [0.5, 0.6) is 0 Å². The first-order valence-corrected chi connectivity index (χ1v) is 10.4. The average molecular weight is 356 g/mol. The second-order valence-electron chi connectivity index (χ2n) is 6.95. The van der Waals surface area contributed by atoms with E-state index in [2.05, 4.69) is 12.2 Å². The van der Waals surface area contributed by atoms with Gasteiger partial charge in [-0.3, -0.25) is 4.79 Å². The molecule has 4 heteroatoms. The maximum absolute atomic E-state index is 11.3. The van der Waals surface area contributed by atoms with Crippen molar-refractivity contribution in [3.05, 3.63) is 12.2 Å². The standard InChI is InChI=1S/C21H41NO3/c1-3-5-6-7-8-9-10-11-12-13-14-15-16-17-20(24)19(18-23)22-21(25)4-2/h16-17,19-20,23-24H,3-15,18H2,1-2H3,(H,22,25)/t19-,20+/m0/s1. The minimum atomic E-state index is -0.826. The van der Waals surface area contributed by atoms with Gasteiger partial charge in [0.2, 0.25) is 5.91 Å². The van der Waals surface area contributed by atoms with Crippen LogP contribution in [0.15, 0.2) is 12.2 Å². The molecule has 0 aromatic heterocycles. The summed E-state index contributed by atoms with van der Waals surface area (Å²) in [7, 11) is 0. The first-order valence-electron chi connectivity index (χ1n) is 10.4. The lowest BCUT2D eigenvalue weighted by Crippen LogP contribution is -2.44. The summed E-state index contributed by atoms with van der Waals surface area (Å²) < 4.78 is 0. The van der Waals surface area contributed by atoms with Crippen molar-refractivity contribution in [1.82, 2.24) is 5.32 Å². The number of aliphatic hydroxyl groups is 2. The summed E-state index contributed by atoms with van der Waals surface area (Å²) in [6.45, 7) is 3.75. The molecule has 0 saturated heterocycles.